The van der Waals surface area contributed by atoms with Crippen molar-refractivity contribution in [1.82, 2.24) is 4.90 Å². The summed E-state index contributed by atoms with van der Waals surface area (Å²) in [5.74, 6) is 0.114. The van der Waals surface area contributed by atoms with Crippen LogP contribution in [0.2, 0.25) is 0 Å². The number of carbonyl (C=O) groups excluding carboxylic acids is 3. The number of carbonyl (C=O) groups is 3. The third-order valence-corrected chi connectivity index (χ3v) is 6.97. The van der Waals surface area contributed by atoms with Gasteiger partial charge in [-0.2, -0.15) is 0 Å². The number of amides is 3. The van der Waals surface area contributed by atoms with E-state index >= 15 is 0 Å². The monoisotopic (exact) mass is 512 g/mol. The van der Waals surface area contributed by atoms with Crippen molar-refractivity contribution >= 4 is 41.0 Å². The van der Waals surface area contributed by atoms with E-state index in [1.807, 2.05) is 30.3 Å². The van der Waals surface area contributed by atoms with Crippen LogP contribution in [0.3, 0.4) is 0 Å². The first-order valence-corrected chi connectivity index (χ1v) is 13.1. The molecule has 3 amide bonds. The number of likely N-dealkylation sites (tertiary alicyclic amines) is 1. The van der Waals surface area contributed by atoms with Crippen LogP contribution in [0.1, 0.15) is 41.6 Å². The van der Waals surface area contributed by atoms with Crippen LogP contribution in [0.5, 0.6) is 5.75 Å². The lowest BCUT2D eigenvalue weighted by Crippen LogP contribution is -2.31. The molecule has 2 N–H and O–H groups in total. The average Bonchev–Trinajstić information content (AvgIpc) is 3.06. The Morgan fingerprint density at radius 3 is 2.55 bits per heavy atom. The molecular weight excluding hydrogens is 480 g/mol. The predicted octanol–water partition coefficient (Wildman–Crippen LogP) is 4.98. The molecule has 2 aliphatic heterocycles. The fourth-order valence-corrected chi connectivity index (χ4v) is 5.12. The molecule has 0 atom stereocenters. The molecule has 8 heteroatoms. The van der Waals surface area contributed by atoms with Crippen molar-refractivity contribution in [3.8, 4) is 5.75 Å². The van der Waals surface area contributed by atoms with Gasteiger partial charge in [0.1, 0.15) is 5.75 Å². The molecule has 0 bridgehead atoms. The fraction of sp³-hybridized carbons (Fsp3) is 0.300. The summed E-state index contributed by atoms with van der Waals surface area (Å²) in [6.45, 7) is 3.84. The summed E-state index contributed by atoms with van der Waals surface area (Å²) in [6.07, 6.45) is 5.42. The minimum absolute atomic E-state index is 0.0691. The molecule has 1 fully saturated rings. The van der Waals surface area contributed by atoms with Gasteiger partial charge in [-0.25, -0.2) is 0 Å². The Morgan fingerprint density at radius 2 is 1.74 bits per heavy atom. The average molecular weight is 513 g/mol. The van der Waals surface area contributed by atoms with Gasteiger partial charge in [-0.15, -0.1) is 0 Å². The Bertz CT molecular complexity index is 1320. The van der Waals surface area contributed by atoms with Crippen LogP contribution >= 0.6 is 0 Å². The molecule has 0 unspecified atom stereocenters. The highest BCUT2D eigenvalue weighted by atomic mass is 16.5. The van der Waals surface area contributed by atoms with Gasteiger partial charge < -0.3 is 20.3 Å². The summed E-state index contributed by atoms with van der Waals surface area (Å²) in [5.41, 5.74) is 3.37. The summed E-state index contributed by atoms with van der Waals surface area (Å²) < 4.78 is 5.99. The molecule has 0 aliphatic carbocycles. The number of nitrogens with zero attached hydrogens (tertiary/aromatic N) is 2. The number of para-hydroxylation sites is 3. The molecule has 0 radical (unpaired) electrons. The lowest BCUT2D eigenvalue weighted by Gasteiger charge is -2.26. The predicted molar refractivity (Wildman–Crippen MR) is 148 cm³/mol. The maximum atomic E-state index is 13.7. The Labute approximate surface area is 222 Å². The van der Waals surface area contributed by atoms with Gasteiger partial charge in [0.05, 0.1) is 41.3 Å². The maximum absolute atomic E-state index is 13.7. The molecule has 0 saturated carbocycles. The van der Waals surface area contributed by atoms with Crippen molar-refractivity contribution in [3.05, 3.63) is 77.9 Å². The molecule has 38 heavy (non-hydrogen) atoms. The molecule has 8 nitrogen and oxygen atoms in total. The van der Waals surface area contributed by atoms with Crippen LogP contribution in [-0.2, 0) is 16.0 Å². The van der Waals surface area contributed by atoms with Crippen molar-refractivity contribution in [3.63, 3.8) is 0 Å². The third kappa shape index (κ3) is 5.70. The largest absolute Gasteiger partial charge is 0.491 e. The molecule has 0 spiro atoms. The van der Waals surface area contributed by atoms with Crippen molar-refractivity contribution in [2.24, 2.45) is 0 Å². The zero-order chi connectivity index (χ0) is 26.3. The van der Waals surface area contributed by atoms with Gasteiger partial charge in [-0.3, -0.25) is 19.3 Å². The molecule has 5 rings (SSSR count). The smallest absolute Gasteiger partial charge is 0.257 e. The summed E-state index contributed by atoms with van der Waals surface area (Å²) in [4.78, 5) is 41.9. The first-order chi connectivity index (χ1) is 18.6. The molecular formula is C30H32N4O4. The SMILES string of the molecule is O=CNc1cc(CC(=O)N2c3ccccc3NC(=O)c3ccccc32)ccc1OCCCN1CCCCC1. The summed E-state index contributed by atoms with van der Waals surface area (Å²) in [6, 6.07) is 19.7. The number of anilines is 4. The van der Waals surface area contributed by atoms with Gasteiger partial charge in [0.25, 0.3) is 5.91 Å². The number of benzene rings is 3. The number of nitrogens with one attached hydrogen (secondary N) is 2. The first kappa shape index (κ1) is 25.5. The van der Waals surface area contributed by atoms with Crippen molar-refractivity contribution in [1.29, 1.82) is 0 Å². The van der Waals surface area contributed by atoms with Gasteiger partial charge in [0.2, 0.25) is 12.3 Å². The van der Waals surface area contributed by atoms with Gasteiger partial charge in [0, 0.05) is 6.54 Å². The standard InChI is InChI=1S/C30H32N4O4/c35-21-31-25-19-22(13-14-28(25)38-18-8-17-33-15-6-1-7-16-33)20-29(36)34-26-11-4-2-9-23(26)30(37)32-24-10-3-5-12-27(24)34/h2-5,9-14,19,21H,1,6-8,15-18,20H2,(H,31,35)(H,32,37). The Kier molecular flexibility index (Phi) is 7.99. The van der Waals surface area contributed by atoms with Crippen LogP contribution in [0.25, 0.3) is 0 Å². The van der Waals surface area contributed by atoms with E-state index in [0.29, 0.717) is 47.1 Å². The second-order valence-electron chi connectivity index (χ2n) is 9.59. The Morgan fingerprint density at radius 1 is 0.974 bits per heavy atom. The van der Waals surface area contributed by atoms with Gasteiger partial charge in [0.15, 0.2) is 0 Å². The second-order valence-corrected chi connectivity index (χ2v) is 9.59. The normalized spacial score (nSPS) is 15.1. The quantitative estimate of drug-likeness (QED) is 0.312. The van der Waals surface area contributed by atoms with E-state index in [2.05, 4.69) is 15.5 Å². The number of hydrogen-bond donors (Lipinski definition) is 2. The van der Waals surface area contributed by atoms with E-state index in [1.54, 1.807) is 41.3 Å². The van der Waals surface area contributed by atoms with E-state index in [4.69, 9.17) is 4.74 Å². The molecule has 0 aromatic heterocycles. The van der Waals surface area contributed by atoms with Crippen LogP contribution in [0.4, 0.5) is 22.7 Å². The van der Waals surface area contributed by atoms with Crippen molar-refractivity contribution < 1.29 is 19.1 Å². The maximum Gasteiger partial charge on any atom is 0.257 e. The summed E-state index contributed by atoms with van der Waals surface area (Å²) in [7, 11) is 0. The van der Waals surface area contributed by atoms with Gasteiger partial charge in [-0.1, -0.05) is 36.8 Å². The molecule has 3 aromatic carbocycles. The highest BCUT2D eigenvalue weighted by Crippen LogP contribution is 2.38. The number of hydrogen-bond acceptors (Lipinski definition) is 5. The zero-order valence-electron chi connectivity index (χ0n) is 21.3. The van der Waals surface area contributed by atoms with Gasteiger partial charge >= 0.3 is 0 Å². The number of fused-ring (bicyclic) bond motifs is 2. The molecule has 2 heterocycles. The van der Waals surface area contributed by atoms with Crippen LogP contribution in [0.15, 0.2) is 66.7 Å². The lowest BCUT2D eigenvalue weighted by molar-refractivity contribution is -0.117. The topological polar surface area (TPSA) is 91.0 Å². The van der Waals surface area contributed by atoms with Crippen LogP contribution in [-0.4, -0.2) is 49.4 Å². The van der Waals surface area contributed by atoms with Crippen LogP contribution in [0, 0.1) is 0 Å². The van der Waals surface area contributed by atoms with E-state index in [0.717, 1.165) is 31.6 Å². The first-order valence-electron chi connectivity index (χ1n) is 13.1. The van der Waals surface area contributed by atoms with Crippen molar-refractivity contribution in [2.75, 3.05) is 41.8 Å². The highest BCUT2D eigenvalue weighted by Gasteiger charge is 2.29. The lowest BCUT2D eigenvalue weighted by atomic mass is 10.1. The van der Waals surface area contributed by atoms with Crippen molar-refractivity contribution in [2.45, 2.75) is 32.1 Å². The van der Waals surface area contributed by atoms with E-state index in [1.165, 1.54) is 19.3 Å². The van der Waals surface area contributed by atoms with E-state index in [9.17, 15) is 14.4 Å². The van der Waals surface area contributed by atoms with E-state index < -0.39 is 0 Å². The minimum atomic E-state index is -0.261. The Balaban J connectivity index is 1.32. The highest BCUT2D eigenvalue weighted by molar-refractivity contribution is 6.17. The third-order valence-electron chi connectivity index (χ3n) is 6.97. The molecule has 2 aliphatic rings. The number of ether oxygens (including phenoxy) is 1. The molecule has 196 valence electrons. The zero-order valence-corrected chi connectivity index (χ0v) is 21.3. The molecule has 3 aromatic rings. The number of piperidine rings is 1. The van der Waals surface area contributed by atoms with E-state index in [-0.39, 0.29) is 18.2 Å². The summed E-state index contributed by atoms with van der Waals surface area (Å²) >= 11 is 0. The minimum Gasteiger partial charge on any atom is -0.491 e. The van der Waals surface area contributed by atoms with Gasteiger partial charge in [-0.05, 0) is 74.3 Å². The summed E-state index contributed by atoms with van der Waals surface area (Å²) in [5, 5.41) is 5.62. The molecule has 1 saturated heterocycles. The number of rotatable bonds is 9. The van der Waals surface area contributed by atoms with Crippen LogP contribution < -0.4 is 20.3 Å². The Hall–Kier alpha value is -4.17. The second kappa shape index (κ2) is 11.9. The fourth-order valence-electron chi connectivity index (χ4n) is 5.12.